The molecule has 0 heterocycles. The Morgan fingerprint density at radius 3 is 2.19 bits per heavy atom. The molecule has 1 N–H and O–H groups in total. The lowest BCUT2D eigenvalue weighted by molar-refractivity contribution is -0.119. The molecule has 0 radical (unpaired) electrons. The third kappa shape index (κ3) is 6.81. The lowest BCUT2D eigenvalue weighted by Gasteiger charge is -2.24. The normalized spacial score (nSPS) is 14.8. The number of benzene rings is 2. The summed E-state index contributed by atoms with van der Waals surface area (Å²) in [6.45, 7) is 4.62. The van der Waals surface area contributed by atoms with Crippen LogP contribution >= 0.6 is 0 Å². The summed E-state index contributed by atoms with van der Waals surface area (Å²) in [4.78, 5) is 12.8. The minimum absolute atomic E-state index is 0.164. The van der Waals surface area contributed by atoms with Crippen molar-refractivity contribution in [2.24, 2.45) is 0 Å². The first-order valence-corrected chi connectivity index (χ1v) is 12.8. The van der Waals surface area contributed by atoms with E-state index in [1.807, 2.05) is 26.0 Å². The van der Waals surface area contributed by atoms with E-state index in [9.17, 15) is 13.2 Å². The van der Waals surface area contributed by atoms with Crippen molar-refractivity contribution in [3.63, 3.8) is 0 Å². The summed E-state index contributed by atoms with van der Waals surface area (Å²) in [7, 11) is -3.88. The van der Waals surface area contributed by atoms with Gasteiger partial charge in [0.05, 0.1) is 16.7 Å². The van der Waals surface area contributed by atoms with Crippen molar-refractivity contribution in [3.05, 3.63) is 59.7 Å². The summed E-state index contributed by atoms with van der Waals surface area (Å²) in [6, 6.07) is 13.8. The number of aryl methyl sites for hydroxylation is 2. The van der Waals surface area contributed by atoms with Crippen molar-refractivity contribution in [2.45, 2.75) is 63.4 Å². The molecule has 0 aliphatic heterocycles. The molecule has 0 spiro atoms. The quantitative estimate of drug-likeness (QED) is 0.537. The lowest BCUT2D eigenvalue weighted by atomic mass is 9.98. The third-order valence-corrected chi connectivity index (χ3v) is 7.56. The zero-order valence-electron chi connectivity index (χ0n) is 19.0. The number of ether oxygens (including phenoxy) is 1. The lowest BCUT2D eigenvalue weighted by Crippen LogP contribution is -2.41. The Morgan fingerprint density at radius 2 is 1.56 bits per heavy atom. The highest BCUT2D eigenvalue weighted by Gasteiger charge is 2.27. The number of carbonyl (C=O) groups is 1. The molecule has 0 bridgehead atoms. The van der Waals surface area contributed by atoms with Crippen LogP contribution in [-0.2, 0) is 19.6 Å². The molecule has 1 aliphatic carbocycles. The number of anilines is 1. The van der Waals surface area contributed by atoms with Crippen LogP contribution in [0.2, 0.25) is 0 Å². The summed E-state index contributed by atoms with van der Waals surface area (Å²) in [5.74, 6) is -0.334. The first-order valence-electron chi connectivity index (χ1n) is 11.4. The van der Waals surface area contributed by atoms with Crippen LogP contribution < -0.4 is 9.62 Å². The number of sulfonamides is 1. The minimum Gasteiger partial charge on any atom is -0.378 e. The topological polar surface area (TPSA) is 75.7 Å². The number of rotatable bonds is 10. The van der Waals surface area contributed by atoms with Crippen molar-refractivity contribution in [2.75, 3.05) is 24.0 Å². The molecule has 0 atom stereocenters. The highest BCUT2D eigenvalue weighted by Crippen LogP contribution is 2.24. The van der Waals surface area contributed by atoms with Gasteiger partial charge in [0.2, 0.25) is 5.91 Å². The number of nitrogens with one attached hydrogen (secondary N) is 1. The first-order chi connectivity index (χ1) is 15.4. The van der Waals surface area contributed by atoms with Gasteiger partial charge in [-0.3, -0.25) is 9.10 Å². The SMILES string of the molecule is Cc1ccc(N(CC(=O)NCCCOC2CCCCC2)S(=O)(=O)c2ccc(C)cc2)cc1. The highest BCUT2D eigenvalue weighted by molar-refractivity contribution is 7.92. The van der Waals surface area contributed by atoms with Gasteiger partial charge in [-0.2, -0.15) is 0 Å². The Labute approximate surface area is 192 Å². The molecule has 174 valence electrons. The molecule has 3 rings (SSSR count). The van der Waals surface area contributed by atoms with Gasteiger partial charge < -0.3 is 10.1 Å². The maximum Gasteiger partial charge on any atom is 0.264 e. The van der Waals surface area contributed by atoms with E-state index >= 15 is 0 Å². The molecule has 1 aliphatic rings. The fourth-order valence-electron chi connectivity index (χ4n) is 3.83. The van der Waals surface area contributed by atoms with Crippen LogP contribution in [-0.4, -0.2) is 40.1 Å². The third-order valence-electron chi connectivity index (χ3n) is 5.77. The number of nitrogens with zero attached hydrogens (tertiary/aromatic N) is 1. The Balaban J connectivity index is 1.61. The van der Waals surface area contributed by atoms with Crippen LogP contribution in [0.1, 0.15) is 49.7 Å². The van der Waals surface area contributed by atoms with E-state index in [2.05, 4.69) is 5.32 Å². The monoisotopic (exact) mass is 458 g/mol. The van der Waals surface area contributed by atoms with Crippen molar-refractivity contribution < 1.29 is 17.9 Å². The summed E-state index contributed by atoms with van der Waals surface area (Å²) in [6.07, 6.45) is 7.04. The molecule has 1 amide bonds. The smallest absolute Gasteiger partial charge is 0.264 e. The van der Waals surface area contributed by atoms with Crippen LogP contribution in [0.25, 0.3) is 0 Å². The van der Waals surface area contributed by atoms with Crippen molar-refractivity contribution in [3.8, 4) is 0 Å². The fraction of sp³-hybridized carbons (Fsp3) is 0.480. The number of carbonyl (C=O) groups excluding carboxylic acids is 1. The average Bonchev–Trinajstić information content (AvgIpc) is 2.79. The second-order valence-corrected chi connectivity index (χ2v) is 10.4. The van der Waals surface area contributed by atoms with Gasteiger partial charge in [-0.15, -0.1) is 0 Å². The van der Waals surface area contributed by atoms with Crippen molar-refractivity contribution in [1.29, 1.82) is 0 Å². The molecule has 1 saturated carbocycles. The molecule has 32 heavy (non-hydrogen) atoms. The fourth-order valence-corrected chi connectivity index (χ4v) is 5.25. The molecule has 2 aromatic rings. The summed E-state index contributed by atoms with van der Waals surface area (Å²) < 4.78 is 33.7. The Hall–Kier alpha value is -2.38. The van der Waals surface area contributed by atoms with E-state index in [0.29, 0.717) is 31.4 Å². The Kier molecular flexibility index (Phi) is 8.70. The molecular formula is C25H34N2O4S. The van der Waals surface area contributed by atoms with Gasteiger partial charge in [-0.1, -0.05) is 54.7 Å². The maximum atomic E-state index is 13.3. The van der Waals surface area contributed by atoms with Crippen LogP contribution in [0.5, 0.6) is 0 Å². The largest absolute Gasteiger partial charge is 0.378 e. The molecule has 0 saturated heterocycles. The van der Waals surface area contributed by atoms with E-state index in [-0.39, 0.29) is 17.3 Å². The van der Waals surface area contributed by atoms with Gasteiger partial charge >= 0.3 is 0 Å². The summed E-state index contributed by atoms with van der Waals surface area (Å²) >= 11 is 0. The molecule has 1 fully saturated rings. The Morgan fingerprint density at radius 1 is 0.969 bits per heavy atom. The van der Waals surface area contributed by atoms with Crippen LogP contribution in [0, 0.1) is 13.8 Å². The average molecular weight is 459 g/mol. The van der Waals surface area contributed by atoms with Crippen molar-refractivity contribution in [1.82, 2.24) is 5.32 Å². The predicted octanol–water partition coefficient (Wildman–Crippen LogP) is 4.35. The number of hydrogen-bond donors (Lipinski definition) is 1. The highest BCUT2D eigenvalue weighted by atomic mass is 32.2. The van der Waals surface area contributed by atoms with Gasteiger partial charge in [0.15, 0.2) is 0 Å². The molecule has 2 aromatic carbocycles. The van der Waals surface area contributed by atoms with Crippen LogP contribution in [0.3, 0.4) is 0 Å². The molecule has 6 nitrogen and oxygen atoms in total. The van der Waals surface area contributed by atoms with Crippen LogP contribution in [0.4, 0.5) is 5.69 Å². The van der Waals surface area contributed by atoms with Crippen LogP contribution in [0.15, 0.2) is 53.4 Å². The van der Waals surface area contributed by atoms with Gasteiger partial charge in [0, 0.05) is 13.2 Å². The summed E-state index contributed by atoms with van der Waals surface area (Å²) in [5.41, 5.74) is 2.45. The second-order valence-electron chi connectivity index (χ2n) is 8.49. The molecular weight excluding hydrogens is 424 g/mol. The maximum absolute atomic E-state index is 13.3. The van der Waals surface area contributed by atoms with Gasteiger partial charge in [0.1, 0.15) is 6.54 Å². The number of amides is 1. The van der Waals surface area contributed by atoms with Crippen molar-refractivity contribution >= 4 is 21.6 Å². The van der Waals surface area contributed by atoms with E-state index in [0.717, 1.165) is 24.0 Å². The molecule has 7 heteroatoms. The van der Waals surface area contributed by atoms with Gasteiger partial charge in [-0.25, -0.2) is 8.42 Å². The standard InChI is InChI=1S/C25H34N2O4S/c1-20-9-13-22(14-10-20)27(32(29,30)24-15-11-21(2)12-16-24)19-25(28)26-17-6-18-31-23-7-4-3-5-8-23/h9-16,23H,3-8,17-19H2,1-2H3,(H,26,28). The van der Waals surface area contributed by atoms with Gasteiger partial charge in [-0.05, 0) is 57.4 Å². The zero-order chi connectivity index (χ0) is 23.0. The second kappa shape index (κ2) is 11.5. The zero-order valence-corrected chi connectivity index (χ0v) is 19.9. The number of hydrogen-bond acceptors (Lipinski definition) is 4. The van der Waals surface area contributed by atoms with Gasteiger partial charge in [0.25, 0.3) is 10.0 Å². The predicted molar refractivity (Wildman–Crippen MR) is 127 cm³/mol. The summed E-state index contributed by atoms with van der Waals surface area (Å²) in [5, 5.41) is 2.84. The van der Waals surface area contributed by atoms with E-state index < -0.39 is 10.0 Å². The van der Waals surface area contributed by atoms with E-state index in [1.54, 1.807) is 36.4 Å². The molecule has 0 aromatic heterocycles. The first kappa shape index (κ1) is 24.3. The van der Waals surface area contributed by atoms with E-state index in [4.69, 9.17) is 4.74 Å². The minimum atomic E-state index is -3.88. The Bertz CT molecular complexity index is 966. The molecule has 0 unspecified atom stereocenters. The van der Waals surface area contributed by atoms with E-state index in [1.165, 1.54) is 23.6 Å².